The van der Waals surface area contributed by atoms with E-state index in [4.69, 9.17) is 4.74 Å². The first-order valence-electron chi connectivity index (χ1n) is 11.0. The van der Waals surface area contributed by atoms with Gasteiger partial charge in [-0.25, -0.2) is 4.79 Å². The number of carbonyl (C=O) groups excluding carboxylic acids is 3. The topological polar surface area (TPSA) is 60.4 Å². The number of ether oxygens (including phenoxy) is 1. The van der Waals surface area contributed by atoms with Crippen molar-refractivity contribution < 1.29 is 19.1 Å². The van der Waals surface area contributed by atoms with Crippen molar-refractivity contribution in [2.24, 2.45) is 5.92 Å². The molecule has 1 aromatic carbocycles. The zero-order chi connectivity index (χ0) is 21.9. The van der Waals surface area contributed by atoms with Gasteiger partial charge in [0.2, 0.25) is 0 Å². The third-order valence-electron chi connectivity index (χ3n) is 5.95. The number of Topliss-reactive ketones (excluding diaryl/α,β-unsaturated/α-hetero) is 2. The van der Waals surface area contributed by atoms with Gasteiger partial charge in [-0.15, -0.1) is 6.58 Å². The van der Waals surface area contributed by atoms with E-state index in [0.29, 0.717) is 36.5 Å². The van der Waals surface area contributed by atoms with E-state index in [0.717, 1.165) is 44.1 Å². The minimum absolute atomic E-state index is 0.157. The Labute approximate surface area is 180 Å². The average Bonchev–Trinajstić information content (AvgIpc) is 3.00. The summed E-state index contributed by atoms with van der Waals surface area (Å²) >= 11 is 0. The van der Waals surface area contributed by atoms with Gasteiger partial charge in [0.15, 0.2) is 0 Å². The number of benzene rings is 1. The molecule has 162 valence electrons. The Bertz CT molecular complexity index is 773. The minimum Gasteiger partial charge on any atom is -0.465 e. The zero-order valence-corrected chi connectivity index (χ0v) is 18.3. The lowest BCUT2D eigenvalue weighted by Crippen LogP contribution is -2.12. The first-order chi connectivity index (χ1) is 14.5. The van der Waals surface area contributed by atoms with Crippen LogP contribution in [-0.4, -0.2) is 24.6 Å². The molecule has 0 heterocycles. The second-order valence-electron chi connectivity index (χ2n) is 8.19. The second kappa shape index (κ2) is 12.3. The molecule has 1 aliphatic carbocycles. The second-order valence-corrected chi connectivity index (χ2v) is 8.19. The fourth-order valence-corrected chi connectivity index (χ4v) is 4.23. The predicted molar refractivity (Wildman–Crippen MR) is 120 cm³/mol. The van der Waals surface area contributed by atoms with Crippen LogP contribution in [0.2, 0.25) is 0 Å². The summed E-state index contributed by atoms with van der Waals surface area (Å²) in [6.45, 7) is 5.26. The summed E-state index contributed by atoms with van der Waals surface area (Å²) < 4.78 is 4.95. The Balaban J connectivity index is 2.06. The highest BCUT2D eigenvalue weighted by atomic mass is 16.5. The van der Waals surface area contributed by atoms with E-state index >= 15 is 0 Å². The summed E-state index contributed by atoms with van der Waals surface area (Å²) in [5.41, 5.74) is 2.64. The molecule has 4 nitrogen and oxygen atoms in total. The van der Waals surface area contributed by atoms with Gasteiger partial charge in [0.05, 0.1) is 12.7 Å². The molecule has 1 saturated carbocycles. The van der Waals surface area contributed by atoms with Crippen molar-refractivity contribution in [3.8, 4) is 0 Å². The van der Waals surface area contributed by atoms with Crippen LogP contribution in [-0.2, 0) is 19.1 Å². The van der Waals surface area contributed by atoms with Crippen LogP contribution < -0.4 is 0 Å². The Morgan fingerprint density at radius 2 is 1.83 bits per heavy atom. The predicted octanol–water partition coefficient (Wildman–Crippen LogP) is 5.81. The van der Waals surface area contributed by atoms with E-state index in [2.05, 4.69) is 18.7 Å². The summed E-state index contributed by atoms with van der Waals surface area (Å²) in [4.78, 5) is 35.6. The molecule has 0 amide bonds. The van der Waals surface area contributed by atoms with Gasteiger partial charge in [0.25, 0.3) is 0 Å². The van der Waals surface area contributed by atoms with Crippen LogP contribution in [0.1, 0.15) is 81.8 Å². The molecule has 1 aromatic rings. The van der Waals surface area contributed by atoms with Gasteiger partial charge in [-0.3, -0.25) is 4.79 Å². The van der Waals surface area contributed by atoms with E-state index in [9.17, 15) is 14.4 Å². The number of hydrogen-bond donors (Lipinski definition) is 0. The quantitative estimate of drug-likeness (QED) is 0.160. The van der Waals surface area contributed by atoms with E-state index in [1.54, 1.807) is 13.0 Å². The molecule has 1 aliphatic rings. The normalized spacial score (nSPS) is 19.6. The molecule has 0 radical (unpaired) electrons. The number of unbranched alkanes of at least 4 members (excludes halogenated alkanes) is 1. The van der Waals surface area contributed by atoms with Crippen molar-refractivity contribution >= 4 is 23.1 Å². The Morgan fingerprint density at radius 3 is 2.47 bits per heavy atom. The molecule has 0 saturated heterocycles. The number of esters is 1. The van der Waals surface area contributed by atoms with E-state index in [1.165, 1.54) is 12.7 Å². The van der Waals surface area contributed by atoms with Crippen molar-refractivity contribution in [2.45, 2.75) is 70.6 Å². The number of carbonyl (C=O) groups is 3. The molecule has 30 heavy (non-hydrogen) atoms. The van der Waals surface area contributed by atoms with Gasteiger partial charge in [0, 0.05) is 18.8 Å². The Hall–Kier alpha value is -2.49. The molecule has 0 aliphatic heterocycles. The summed E-state index contributed by atoms with van der Waals surface area (Å²) in [7, 11) is 1.38. The van der Waals surface area contributed by atoms with Crippen LogP contribution in [0.3, 0.4) is 0 Å². The average molecular weight is 411 g/mol. The first-order valence-corrected chi connectivity index (χ1v) is 11.0. The lowest BCUT2D eigenvalue weighted by atomic mass is 9.89. The molecule has 0 aromatic heterocycles. The molecule has 0 bridgehead atoms. The van der Waals surface area contributed by atoms with Crippen LogP contribution in [0.4, 0.5) is 0 Å². The van der Waals surface area contributed by atoms with Gasteiger partial charge < -0.3 is 9.53 Å². The van der Waals surface area contributed by atoms with Crippen molar-refractivity contribution in [2.75, 3.05) is 7.11 Å². The lowest BCUT2D eigenvalue weighted by molar-refractivity contribution is -0.133. The van der Waals surface area contributed by atoms with Crippen LogP contribution in [0.25, 0.3) is 5.57 Å². The highest BCUT2D eigenvalue weighted by molar-refractivity contribution is 6.16. The maximum Gasteiger partial charge on any atom is 0.338 e. The van der Waals surface area contributed by atoms with Crippen molar-refractivity contribution in [1.29, 1.82) is 0 Å². The molecular formula is C26H34O4. The third-order valence-corrected chi connectivity index (χ3v) is 5.95. The fourth-order valence-electron chi connectivity index (χ4n) is 4.23. The summed E-state index contributed by atoms with van der Waals surface area (Å²) in [5.74, 6) is 0.726. The number of ketones is 2. The van der Waals surface area contributed by atoms with Gasteiger partial charge in [-0.1, -0.05) is 42.8 Å². The molecule has 4 heteroatoms. The molecule has 2 rings (SSSR count). The van der Waals surface area contributed by atoms with Crippen molar-refractivity contribution in [3.63, 3.8) is 0 Å². The number of allylic oxidation sites excluding steroid dienone is 2. The van der Waals surface area contributed by atoms with Gasteiger partial charge in [0.1, 0.15) is 11.6 Å². The standard InChI is InChI=1S/C26H34O4/c1-4-8-25(28)23-11-7-10-20(15-18-23)21-13-16-22(17-14-21)24(26(29)30-3)12-6-5-9-19(2)27/h4,12-14,16-17,20,23H,1,5-11,15,18H2,2-3H3/b24-12-. The maximum atomic E-state index is 12.2. The molecule has 2 atom stereocenters. The number of rotatable bonds is 10. The van der Waals surface area contributed by atoms with E-state index in [1.807, 2.05) is 18.2 Å². The molecule has 0 N–H and O–H groups in total. The molecular weight excluding hydrogens is 376 g/mol. The summed E-state index contributed by atoms with van der Waals surface area (Å²) in [6, 6.07) is 8.15. The highest BCUT2D eigenvalue weighted by Crippen LogP contribution is 2.35. The van der Waals surface area contributed by atoms with Gasteiger partial charge >= 0.3 is 5.97 Å². The Morgan fingerprint density at radius 1 is 1.10 bits per heavy atom. The van der Waals surface area contributed by atoms with Gasteiger partial charge in [-0.05, 0) is 62.5 Å². The van der Waals surface area contributed by atoms with E-state index < -0.39 is 0 Å². The van der Waals surface area contributed by atoms with Crippen LogP contribution in [0, 0.1) is 5.92 Å². The van der Waals surface area contributed by atoms with Crippen LogP contribution >= 0.6 is 0 Å². The summed E-state index contributed by atoms with van der Waals surface area (Å²) in [6.07, 6.45) is 11.0. The number of hydrogen-bond acceptors (Lipinski definition) is 4. The lowest BCUT2D eigenvalue weighted by Gasteiger charge is -2.16. The Kier molecular flexibility index (Phi) is 9.72. The molecule has 0 spiro atoms. The van der Waals surface area contributed by atoms with Crippen molar-refractivity contribution in [1.82, 2.24) is 0 Å². The van der Waals surface area contributed by atoms with Crippen molar-refractivity contribution in [3.05, 3.63) is 54.1 Å². The SMILES string of the molecule is C=CCC(=O)C1CCCC(c2ccc(/C(=C/CCCC(C)=O)C(=O)OC)cc2)CC1. The molecule has 2 unspecified atom stereocenters. The summed E-state index contributed by atoms with van der Waals surface area (Å²) in [5, 5.41) is 0. The largest absolute Gasteiger partial charge is 0.465 e. The zero-order valence-electron chi connectivity index (χ0n) is 18.3. The maximum absolute atomic E-state index is 12.2. The minimum atomic E-state index is -0.358. The first kappa shape index (κ1) is 23.8. The van der Waals surface area contributed by atoms with Crippen LogP contribution in [0.15, 0.2) is 43.0 Å². The smallest absolute Gasteiger partial charge is 0.338 e. The van der Waals surface area contributed by atoms with E-state index in [-0.39, 0.29) is 17.7 Å². The highest BCUT2D eigenvalue weighted by Gasteiger charge is 2.24. The number of methoxy groups -OCH3 is 1. The molecule has 1 fully saturated rings. The third kappa shape index (κ3) is 7.08. The van der Waals surface area contributed by atoms with Crippen LogP contribution in [0.5, 0.6) is 0 Å². The van der Waals surface area contributed by atoms with Gasteiger partial charge in [-0.2, -0.15) is 0 Å². The monoisotopic (exact) mass is 410 g/mol. The fraction of sp³-hybridized carbons (Fsp3) is 0.500.